The van der Waals surface area contributed by atoms with Gasteiger partial charge in [-0.15, -0.1) is 0 Å². The first-order chi connectivity index (χ1) is 14.3. The fourth-order valence-electron chi connectivity index (χ4n) is 4.53. The third-order valence-electron chi connectivity index (χ3n) is 6.16. The van der Waals surface area contributed by atoms with Crippen LogP contribution < -0.4 is 9.80 Å². The van der Waals surface area contributed by atoms with Crippen molar-refractivity contribution in [3.05, 3.63) is 30.9 Å². The van der Waals surface area contributed by atoms with Crippen LogP contribution in [0, 0.1) is 0 Å². The molecule has 1 N–H and O–H groups in total. The first-order valence-corrected chi connectivity index (χ1v) is 10.5. The molecular weight excluding hydrogens is 366 g/mol. The van der Waals surface area contributed by atoms with Crippen molar-refractivity contribution in [3.8, 4) is 0 Å². The maximum atomic E-state index is 5.50. The molecule has 0 atom stereocenters. The topological polar surface area (TPSA) is 83.1 Å². The van der Waals surface area contributed by atoms with Gasteiger partial charge in [-0.3, -0.25) is 0 Å². The van der Waals surface area contributed by atoms with Gasteiger partial charge < -0.3 is 19.5 Å². The summed E-state index contributed by atoms with van der Waals surface area (Å²) in [6, 6.07) is 4.49. The van der Waals surface area contributed by atoms with Crippen LogP contribution in [0.15, 0.2) is 30.9 Å². The molecule has 1 saturated heterocycles. The number of methoxy groups -OCH3 is 1. The highest BCUT2D eigenvalue weighted by molar-refractivity contribution is 5.78. The number of aromatic nitrogens is 5. The van der Waals surface area contributed by atoms with Crippen molar-refractivity contribution in [2.75, 3.05) is 30.0 Å². The van der Waals surface area contributed by atoms with E-state index in [1.54, 1.807) is 13.4 Å². The highest BCUT2D eigenvalue weighted by Crippen LogP contribution is 2.34. The van der Waals surface area contributed by atoms with Gasteiger partial charge in [0.15, 0.2) is 0 Å². The summed E-state index contributed by atoms with van der Waals surface area (Å²) in [5, 5.41) is 0. The number of nitrogens with one attached hydrogen (secondary N) is 1. The molecule has 2 aliphatic rings. The minimum Gasteiger partial charge on any atom is -0.381 e. The second-order valence-electron chi connectivity index (χ2n) is 7.91. The summed E-state index contributed by atoms with van der Waals surface area (Å²) in [5.41, 5.74) is 1.87. The molecule has 1 aliphatic carbocycles. The number of pyridine rings is 1. The van der Waals surface area contributed by atoms with E-state index in [0.29, 0.717) is 12.1 Å². The Kier molecular flexibility index (Phi) is 5.01. The molecule has 152 valence electrons. The smallest absolute Gasteiger partial charge is 0.227 e. The van der Waals surface area contributed by atoms with E-state index in [2.05, 4.69) is 30.8 Å². The lowest BCUT2D eigenvalue weighted by atomic mass is 10.1. The predicted molar refractivity (Wildman–Crippen MR) is 113 cm³/mol. The number of anilines is 3. The van der Waals surface area contributed by atoms with E-state index in [1.807, 2.05) is 18.5 Å². The fraction of sp³-hybridized carbons (Fsp3) is 0.524. The van der Waals surface area contributed by atoms with Crippen molar-refractivity contribution in [1.82, 2.24) is 24.9 Å². The van der Waals surface area contributed by atoms with Gasteiger partial charge >= 0.3 is 0 Å². The summed E-state index contributed by atoms with van der Waals surface area (Å²) >= 11 is 0. The van der Waals surface area contributed by atoms with Gasteiger partial charge in [-0.1, -0.05) is 12.8 Å². The minimum absolute atomic E-state index is 0.342. The Bertz CT molecular complexity index is 960. The molecule has 3 aromatic rings. The molecule has 0 bridgehead atoms. The Morgan fingerprint density at radius 3 is 2.69 bits per heavy atom. The highest BCUT2D eigenvalue weighted by atomic mass is 16.5. The monoisotopic (exact) mass is 393 g/mol. The number of imidazole rings is 1. The Morgan fingerprint density at radius 1 is 1.07 bits per heavy atom. The number of nitrogens with zero attached hydrogens (tertiary/aromatic N) is 6. The number of ether oxygens (including phenoxy) is 1. The van der Waals surface area contributed by atoms with E-state index in [0.717, 1.165) is 67.4 Å². The molecule has 8 heteroatoms. The molecule has 0 amide bonds. The maximum Gasteiger partial charge on any atom is 0.227 e. The Hall–Kier alpha value is -2.74. The summed E-state index contributed by atoms with van der Waals surface area (Å²) in [6.45, 7) is 1.84. The van der Waals surface area contributed by atoms with Gasteiger partial charge in [0, 0.05) is 38.5 Å². The van der Waals surface area contributed by atoms with Crippen molar-refractivity contribution in [3.63, 3.8) is 0 Å². The average molecular weight is 393 g/mol. The maximum absolute atomic E-state index is 5.50. The summed E-state index contributed by atoms with van der Waals surface area (Å²) < 4.78 is 5.50. The first kappa shape index (κ1) is 18.3. The summed E-state index contributed by atoms with van der Waals surface area (Å²) in [7, 11) is 1.79. The van der Waals surface area contributed by atoms with Crippen molar-refractivity contribution in [1.29, 1.82) is 0 Å². The zero-order valence-electron chi connectivity index (χ0n) is 16.8. The third-order valence-corrected chi connectivity index (χ3v) is 6.16. The Morgan fingerprint density at radius 2 is 1.90 bits per heavy atom. The van der Waals surface area contributed by atoms with Gasteiger partial charge in [0.2, 0.25) is 5.95 Å². The molecule has 3 aromatic heterocycles. The third kappa shape index (κ3) is 3.64. The molecule has 0 unspecified atom stereocenters. The van der Waals surface area contributed by atoms with Crippen LogP contribution in [-0.2, 0) is 4.74 Å². The summed E-state index contributed by atoms with van der Waals surface area (Å²) in [6.07, 6.45) is 12.6. The Labute approximate surface area is 170 Å². The number of piperidine rings is 1. The molecule has 5 rings (SSSR count). The van der Waals surface area contributed by atoms with Gasteiger partial charge in [0.25, 0.3) is 0 Å². The highest BCUT2D eigenvalue weighted by Gasteiger charge is 2.28. The number of hydrogen-bond acceptors (Lipinski definition) is 7. The number of aromatic amines is 1. The molecule has 1 aliphatic heterocycles. The van der Waals surface area contributed by atoms with Crippen molar-refractivity contribution in [2.24, 2.45) is 0 Å². The van der Waals surface area contributed by atoms with Crippen LogP contribution in [0.4, 0.5) is 17.6 Å². The SMILES string of the molecule is COC1CCN(c2nccc(N(c3cc4[nH]cnc4cn3)C3CCCC3)n2)CC1. The second kappa shape index (κ2) is 7.94. The van der Waals surface area contributed by atoms with Crippen LogP contribution in [0.3, 0.4) is 0 Å². The quantitative estimate of drug-likeness (QED) is 0.711. The molecule has 0 radical (unpaired) electrons. The van der Waals surface area contributed by atoms with E-state index in [4.69, 9.17) is 14.7 Å². The largest absolute Gasteiger partial charge is 0.381 e. The number of hydrogen-bond donors (Lipinski definition) is 1. The van der Waals surface area contributed by atoms with Gasteiger partial charge in [0.05, 0.1) is 24.1 Å². The van der Waals surface area contributed by atoms with Crippen LogP contribution >= 0.6 is 0 Å². The van der Waals surface area contributed by atoms with E-state index in [1.165, 1.54) is 12.8 Å². The normalized spacial score (nSPS) is 18.6. The predicted octanol–water partition coefficient (Wildman–Crippen LogP) is 3.44. The molecule has 1 saturated carbocycles. The van der Waals surface area contributed by atoms with Crippen LogP contribution in [-0.4, -0.2) is 57.3 Å². The van der Waals surface area contributed by atoms with Gasteiger partial charge in [-0.05, 0) is 31.7 Å². The molecule has 4 heterocycles. The van der Waals surface area contributed by atoms with Crippen molar-refractivity contribution in [2.45, 2.75) is 50.7 Å². The molecule has 0 aromatic carbocycles. The number of fused-ring (bicyclic) bond motifs is 1. The van der Waals surface area contributed by atoms with Crippen LogP contribution in [0.2, 0.25) is 0 Å². The van der Waals surface area contributed by atoms with Crippen LogP contribution in [0.1, 0.15) is 38.5 Å². The summed E-state index contributed by atoms with van der Waals surface area (Å²) in [5.74, 6) is 2.63. The van der Waals surface area contributed by atoms with Crippen molar-refractivity contribution >= 4 is 28.6 Å². The van der Waals surface area contributed by atoms with Crippen LogP contribution in [0.25, 0.3) is 11.0 Å². The van der Waals surface area contributed by atoms with E-state index in [9.17, 15) is 0 Å². The molecule has 2 fully saturated rings. The standard InChI is InChI=1S/C21H27N7O/c1-29-16-7-10-27(11-8-16)21-22-9-6-19(26-21)28(15-4-2-3-5-15)20-12-17-18(13-23-20)25-14-24-17/h6,9,12-16H,2-5,7-8,10-11H2,1H3,(H,24,25). The van der Waals surface area contributed by atoms with E-state index in [-0.39, 0.29) is 0 Å². The minimum atomic E-state index is 0.342. The van der Waals surface area contributed by atoms with E-state index < -0.39 is 0 Å². The zero-order chi connectivity index (χ0) is 19.6. The molecule has 29 heavy (non-hydrogen) atoms. The van der Waals surface area contributed by atoms with Crippen molar-refractivity contribution < 1.29 is 4.74 Å². The lowest BCUT2D eigenvalue weighted by molar-refractivity contribution is 0.0816. The van der Waals surface area contributed by atoms with Crippen LogP contribution in [0.5, 0.6) is 0 Å². The number of rotatable bonds is 5. The first-order valence-electron chi connectivity index (χ1n) is 10.5. The van der Waals surface area contributed by atoms with Gasteiger partial charge in [0.1, 0.15) is 17.2 Å². The zero-order valence-corrected chi connectivity index (χ0v) is 16.8. The second-order valence-corrected chi connectivity index (χ2v) is 7.91. The molecule has 8 nitrogen and oxygen atoms in total. The molecule has 0 spiro atoms. The van der Waals surface area contributed by atoms with Gasteiger partial charge in [-0.2, -0.15) is 4.98 Å². The number of H-pyrrole nitrogens is 1. The lowest BCUT2D eigenvalue weighted by Crippen LogP contribution is -2.38. The van der Waals surface area contributed by atoms with Gasteiger partial charge in [-0.25, -0.2) is 15.0 Å². The lowest BCUT2D eigenvalue weighted by Gasteiger charge is -2.33. The Balaban J connectivity index is 1.47. The van der Waals surface area contributed by atoms with E-state index >= 15 is 0 Å². The molecular formula is C21H27N7O. The average Bonchev–Trinajstić information content (AvgIpc) is 3.46. The summed E-state index contributed by atoms with van der Waals surface area (Å²) in [4.78, 5) is 26.3. The fourth-order valence-corrected chi connectivity index (χ4v) is 4.53.